The van der Waals surface area contributed by atoms with E-state index in [1.54, 1.807) is 0 Å². The van der Waals surface area contributed by atoms with E-state index in [1.165, 1.54) is 25.7 Å². The van der Waals surface area contributed by atoms with Crippen molar-refractivity contribution in [1.29, 1.82) is 0 Å². The van der Waals surface area contributed by atoms with Crippen LogP contribution in [0.2, 0.25) is 0 Å². The fraction of sp³-hybridized carbons (Fsp3) is 1.00. The molecule has 2 heteroatoms. The maximum atomic E-state index is 5.78. The van der Waals surface area contributed by atoms with Crippen molar-refractivity contribution in [2.24, 2.45) is 0 Å². The molecule has 1 atom stereocenters. The highest BCUT2D eigenvalue weighted by molar-refractivity contribution is 4.76. The molecule has 2 fully saturated rings. The van der Waals surface area contributed by atoms with Gasteiger partial charge in [-0.25, -0.2) is 0 Å². The van der Waals surface area contributed by atoms with E-state index in [0.29, 0.717) is 12.2 Å². The molecule has 1 N–H and O–H groups in total. The minimum atomic E-state index is 0.533. The van der Waals surface area contributed by atoms with Crippen molar-refractivity contribution >= 4 is 0 Å². The summed E-state index contributed by atoms with van der Waals surface area (Å²) in [5, 5.41) is 3.30. The van der Waals surface area contributed by atoms with Crippen LogP contribution < -0.4 is 5.32 Å². The molecule has 0 aromatic heterocycles. The zero-order valence-electron chi connectivity index (χ0n) is 6.31. The van der Waals surface area contributed by atoms with Crippen LogP contribution in [-0.2, 0) is 4.74 Å². The normalized spacial score (nSPS) is 34.2. The fourth-order valence-corrected chi connectivity index (χ4v) is 1.52. The van der Waals surface area contributed by atoms with Crippen LogP contribution >= 0.6 is 0 Å². The van der Waals surface area contributed by atoms with Gasteiger partial charge in [0.25, 0.3) is 0 Å². The van der Waals surface area contributed by atoms with Gasteiger partial charge in [0.05, 0.1) is 12.2 Å². The Morgan fingerprint density at radius 1 is 1.10 bits per heavy atom. The summed E-state index contributed by atoms with van der Waals surface area (Å²) in [6.45, 7) is 2.23. The third kappa shape index (κ3) is 1.32. The molecule has 0 unspecified atom stereocenters. The number of hydrogen-bond acceptors (Lipinski definition) is 2. The second-order valence-electron chi connectivity index (χ2n) is 3.30. The summed E-state index contributed by atoms with van der Waals surface area (Å²) in [5.41, 5.74) is 0. The van der Waals surface area contributed by atoms with Gasteiger partial charge in [0, 0.05) is 6.54 Å². The summed E-state index contributed by atoms with van der Waals surface area (Å²) in [4.78, 5) is 0. The topological polar surface area (TPSA) is 21.3 Å². The third-order valence-electron chi connectivity index (χ3n) is 2.45. The summed E-state index contributed by atoms with van der Waals surface area (Å²) in [6, 6.07) is 0. The summed E-state index contributed by atoms with van der Waals surface area (Å²) >= 11 is 0. The molecule has 58 valence electrons. The average molecular weight is 141 g/mol. The van der Waals surface area contributed by atoms with Crippen LogP contribution in [0.5, 0.6) is 0 Å². The van der Waals surface area contributed by atoms with Crippen molar-refractivity contribution in [3.63, 3.8) is 0 Å². The van der Waals surface area contributed by atoms with E-state index < -0.39 is 0 Å². The van der Waals surface area contributed by atoms with Gasteiger partial charge < -0.3 is 10.1 Å². The van der Waals surface area contributed by atoms with Crippen LogP contribution in [0, 0.1) is 0 Å². The van der Waals surface area contributed by atoms with Crippen molar-refractivity contribution in [2.75, 3.05) is 13.1 Å². The Bertz CT molecular complexity index is 106. The molecule has 2 rings (SSSR count). The van der Waals surface area contributed by atoms with Crippen molar-refractivity contribution in [3.05, 3.63) is 0 Å². The number of ether oxygens (including phenoxy) is 1. The predicted molar refractivity (Wildman–Crippen MR) is 40.0 cm³/mol. The lowest BCUT2D eigenvalue weighted by molar-refractivity contribution is -0.0418. The van der Waals surface area contributed by atoms with E-state index in [2.05, 4.69) is 5.32 Å². The fourth-order valence-electron chi connectivity index (χ4n) is 1.52. The second-order valence-corrected chi connectivity index (χ2v) is 3.30. The van der Waals surface area contributed by atoms with Gasteiger partial charge >= 0.3 is 0 Å². The first-order chi connectivity index (χ1) is 4.95. The molecule has 2 aliphatic rings. The van der Waals surface area contributed by atoms with Crippen molar-refractivity contribution in [2.45, 2.75) is 37.9 Å². The van der Waals surface area contributed by atoms with Gasteiger partial charge in [0.2, 0.25) is 0 Å². The van der Waals surface area contributed by atoms with Crippen LogP contribution in [0.1, 0.15) is 25.7 Å². The first-order valence-electron chi connectivity index (χ1n) is 4.31. The zero-order chi connectivity index (χ0) is 6.81. The van der Waals surface area contributed by atoms with Gasteiger partial charge in [-0.15, -0.1) is 0 Å². The number of rotatable bonds is 2. The summed E-state index contributed by atoms with van der Waals surface area (Å²) in [7, 11) is 0. The molecule has 2 nitrogen and oxygen atoms in total. The molecular formula is C8H15NO. The predicted octanol–water partition coefficient (Wildman–Crippen LogP) is 0.917. The molecule has 0 amide bonds. The van der Waals surface area contributed by atoms with E-state index >= 15 is 0 Å². The summed E-state index contributed by atoms with van der Waals surface area (Å²) in [6.07, 6.45) is 6.35. The first kappa shape index (κ1) is 6.62. The molecule has 0 radical (unpaired) electrons. The Labute approximate surface area is 61.9 Å². The smallest absolute Gasteiger partial charge is 0.0715 e. The first-order valence-corrected chi connectivity index (χ1v) is 4.31. The highest BCUT2D eigenvalue weighted by atomic mass is 16.5. The van der Waals surface area contributed by atoms with Gasteiger partial charge in [-0.05, 0) is 32.2 Å². The van der Waals surface area contributed by atoms with Gasteiger partial charge in [-0.2, -0.15) is 0 Å². The highest BCUT2D eigenvalue weighted by Crippen LogP contribution is 2.24. The standard InChI is InChI=1S/C8H15NO/c1-2-7(3-1)10-8-4-5-9-6-8/h7-9H,1-6H2/t8-/m1/s1. The van der Waals surface area contributed by atoms with Crippen molar-refractivity contribution in [1.82, 2.24) is 5.32 Å². The lowest BCUT2D eigenvalue weighted by Crippen LogP contribution is -2.28. The minimum absolute atomic E-state index is 0.533. The maximum Gasteiger partial charge on any atom is 0.0715 e. The van der Waals surface area contributed by atoms with Gasteiger partial charge in [-0.3, -0.25) is 0 Å². The molecular weight excluding hydrogens is 126 g/mol. The minimum Gasteiger partial charge on any atom is -0.374 e. The Morgan fingerprint density at radius 2 is 2.00 bits per heavy atom. The molecule has 1 heterocycles. The molecule has 1 saturated carbocycles. The highest BCUT2D eigenvalue weighted by Gasteiger charge is 2.24. The van der Waals surface area contributed by atoms with Gasteiger partial charge in [0.1, 0.15) is 0 Å². The Balaban J connectivity index is 1.68. The Morgan fingerprint density at radius 3 is 2.50 bits per heavy atom. The zero-order valence-corrected chi connectivity index (χ0v) is 6.31. The number of nitrogens with one attached hydrogen (secondary N) is 1. The monoisotopic (exact) mass is 141 g/mol. The largest absolute Gasteiger partial charge is 0.374 e. The molecule has 0 aromatic carbocycles. The van der Waals surface area contributed by atoms with Crippen LogP contribution in [0.15, 0.2) is 0 Å². The molecule has 0 bridgehead atoms. The molecule has 1 aliphatic carbocycles. The maximum absolute atomic E-state index is 5.78. The lowest BCUT2D eigenvalue weighted by atomic mass is 9.96. The molecule has 10 heavy (non-hydrogen) atoms. The van der Waals surface area contributed by atoms with E-state index in [9.17, 15) is 0 Å². The Kier molecular flexibility index (Phi) is 1.91. The van der Waals surface area contributed by atoms with Crippen LogP contribution in [0.4, 0.5) is 0 Å². The van der Waals surface area contributed by atoms with Crippen molar-refractivity contribution < 1.29 is 4.74 Å². The Hall–Kier alpha value is -0.0800. The third-order valence-corrected chi connectivity index (χ3v) is 2.45. The van der Waals surface area contributed by atoms with E-state index in [1.807, 2.05) is 0 Å². The molecule has 1 aliphatic heterocycles. The summed E-state index contributed by atoms with van der Waals surface area (Å²) in [5.74, 6) is 0. The SMILES string of the molecule is C1CC(O[C@@H]2CCNC2)C1. The van der Waals surface area contributed by atoms with Gasteiger partial charge in [0.15, 0.2) is 0 Å². The summed E-state index contributed by atoms with van der Waals surface area (Å²) < 4.78 is 5.78. The number of hydrogen-bond donors (Lipinski definition) is 1. The van der Waals surface area contributed by atoms with Crippen LogP contribution in [-0.4, -0.2) is 25.3 Å². The molecule has 1 saturated heterocycles. The average Bonchev–Trinajstić information content (AvgIpc) is 2.29. The van der Waals surface area contributed by atoms with E-state index in [-0.39, 0.29) is 0 Å². The van der Waals surface area contributed by atoms with Crippen LogP contribution in [0.3, 0.4) is 0 Å². The second kappa shape index (κ2) is 2.89. The van der Waals surface area contributed by atoms with E-state index in [4.69, 9.17) is 4.74 Å². The van der Waals surface area contributed by atoms with Crippen molar-refractivity contribution in [3.8, 4) is 0 Å². The van der Waals surface area contributed by atoms with Gasteiger partial charge in [-0.1, -0.05) is 0 Å². The quantitative estimate of drug-likeness (QED) is 0.617. The molecule has 0 aromatic rings. The lowest BCUT2D eigenvalue weighted by Gasteiger charge is -2.28. The molecule has 0 spiro atoms. The van der Waals surface area contributed by atoms with E-state index in [0.717, 1.165) is 13.1 Å². The van der Waals surface area contributed by atoms with Crippen LogP contribution in [0.25, 0.3) is 0 Å².